The number of thiazole rings is 1. The molecule has 2 aromatic rings. The van der Waals surface area contributed by atoms with Crippen molar-refractivity contribution in [3.05, 3.63) is 22.7 Å². The average Bonchev–Trinajstić information content (AvgIpc) is 2.75. The number of benzene rings is 1. The van der Waals surface area contributed by atoms with Crippen LogP contribution in [0.25, 0.3) is 10.2 Å². The van der Waals surface area contributed by atoms with Gasteiger partial charge in [0.2, 0.25) is 5.91 Å². The molecule has 1 aromatic carbocycles. The third-order valence-electron chi connectivity index (χ3n) is 2.75. The lowest BCUT2D eigenvalue weighted by atomic mass is 10.2. The molecule has 0 aliphatic heterocycles. The van der Waals surface area contributed by atoms with Crippen molar-refractivity contribution in [2.24, 2.45) is 0 Å². The molecule has 0 aliphatic carbocycles. The van der Waals surface area contributed by atoms with Crippen LogP contribution in [0.1, 0.15) is 31.7 Å². The molecular weight excluding hydrogens is 268 g/mol. The van der Waals surface area contributed by atoms with Crippen LogP contribution in [0.4, 0.5) is 5.13 Å². The smallest absolute Gasteiger partial charge is 0.226 e. The molecule has 0 radical (unpaired) electrons. The second-order valence-corrected chi connectivity index (χ2v) is 5.63. The predicted molar refractivity (Wildman–Crippen MR) is 77.5 cm³/mol. The van der Waals surface area contributed by atoms with Gasteiger partial charge in [-0.2, -0.15) is 0 Å². The molecule has 1 N–H and O–H groups in total. The van der Waals surface area contributed by atoms with E-state index in [4.69, 9.17) is 11.6 Å². The van der Waals surface area contributed by atoms with Crippen LogP contribution in [0, 0.1) is 6.92 Å². The molecule has 2 rings (SSSR count). The summed E-state index contributed by atoms with van der Waals surface area (Å²) in [5.41, 5.74) is 1.83. The highest BCUT2D eigenvalue weighted by Crippen LogP contribution is 2.31. The number of carbonyl (C=O) groups is 1. The zero-order chi connectivity index (χ0) is 13.1. The summed E-state index contributed by atoms with van der Waals surface area (Å²) in [6, 6.07) is 3.80. The highest BCUT2D eigenvalue weighted by Gasteiger charge is 2.10. The molecule has 3 nitrogen and oxygen atoms in total. The quantitative estimate of drug-likeness (QED) is 0.904. The summed E-state index contributed by atoms with van der Waals surface area (Å²) in [6.07, 6.45) is 2.47. The number of aromatic nitrogens is 1. The van der Waals surface area contributed by atoms with E-state index in [9.17, 15) is 4.79 Å². The van der Waals surface area contributed by atoms with Crippen LogP contribution in [0.15, 0.2) is 12.1 Å². The Hall–Kier alpha value is -1.13. The first-order valence-electron chi connectivity index (χ1n) is 5.97. The molecule has 0 saturated heterocycles. The molecule has 1 amide bonds. The number of nitrogens with one attached hydrogen (secondary N) is 1. The largest absolute Gasteiger partial charge is 0.302 e. The normalized spacial score (nSPS) is 10.8. The minimum Gasteiger partial charge on any atom is -0.302 e. The highest BCUT2D eigenvalue weighted by atomic mass is 35.5. The Balaban J connectivity index is 2.20. The van der Waals surface area contributed by atoms with E-state index >= 15 is 0 Å². The van der Waals surface area contributed by atoms with Gasteiger partial charge in [-0.1, -0.05) is 36.3 Å². The van der Waals surface area contributed by atoms with Crippen LogP contribution in [0.3, 0.4) is 0 Å². The van der Waals surface area contributed by atoms with Crippen molar-refractivity contribution in [1.82, 2.24) is 4.98 Å². The standard InChI is InChI=1S/C13H15ClN2OS/c1-3-4-5-11(17)15-13-16-12-8(2)9(14)6-7-10(12)18-13/h6-7H,3-5H2,1-2H3,(H,15,16,17). The Morgan fingerprint density at radius 3 is 3.00 bits per heavy atom. The summed E-state index contributed by atoms with van der Waals surface area (Å²) in [4.78, 5) is 16.1. The molecule has 0 fully saturated rings. The average molecular weight is 283 g/mol. The second-order valence-electron chi connectivity index (χ2n) is 4.19. The Morgan fingerprint density at radius 1 is 1.50 bits per heavy atom. The highest BCUT2D eigenvalue weighted by molar-refractivity contribution is 7.22. The van der Waals surface area contributed by atoms with E-state index in [-0.39, 0.29) is 5.91 Å². The number of fused-ring (bicyclic) bond motifs is 1. The third kappa shape index (κ3) is 2.82. The fourth-order valence-electron chi connectivity index (χ4n) is 1.67. The Bertz CT molecular complexity index is 580. The van der Waals surface area contributed by atoms with Crippen LogP contribution < -0.4 is 5.32 Å². The SMILES string of the molecule is CCCCC(=O)Nc1nc2c(C)c(Cl)ccc2s1. The topological polar surface area (TPSA) is 42.0 Å². The maximum Gasteiger partial charge on any atom is 0.226 e. The number of rotatable bonds is 4. The number of aryl methyl sites for hydroxylation is 1. The van der Waals surface area contributed by atoms with Crippen LogP contribution in [-0.4, -0.2) is 10.9 Å². The van der Waals surface area contributed by atoms with E-state index in [0.29, 0.717) is 16.6 Å². The fraction of sp³-hybridized carbons (Fsp3) is 0.385. The minimum atomic E-state index is 0.0275. The van der Waals surface area contributed by atoms with Gasteiger partial charge in [0.15, 0.2) is 5.13 Å². The molecule has 18 heavy (non-hydrogen) atoms. The molecule has 0 saturated carbocycles. The molecule has 0 bridgehead atoms. The van der Waals surface area contributed by atoms with Gasteiger partial charge in [0, 0.05) is 11.4 Å². The Kier molecular flexibility index (Phi) is 4.19. The van der Waals surface area contributed by atoms with Crippen molar-refractivity contribution >= 4 is 44.2 Å². The van der Waals surface area contributed by atoms with E-state index in [1.54, 1.807) is 0 Å². The van der Waals surface area contributed by atoms with Crippen LogP contribution in [-0.2, 0) is 4.79 Å². The first kappa shape index (κ1) is 13.3. The summed E-state index contributed by atoms with van der Waals surface area (Å²) in [5.74, 6) is 0.0275. The van der Waals surface area contributed by atoms with Gasteiger partial charge < -0.3 is 5.32 Å². The molecule has 96 valence electrons. The molecule has 0 atom stereocenters. The number of nitrogens with zero attached hydrogens (tertiary/aromatic N) is 1. The van der Waals surface area contributed by atoms with Crippen molar-refractivity contribution in [3.63, 3.8) is 0 Å². The van der Waals surface area contributed by atoms with Gasteiger partial charge in [-0.25, -0.2) is 4.98 Å². The van der Waals surface area contributed by atoms with Gasteiger partial charge in [-0.15, -0.1) is 0 Å². The molecule has 1 aromatic heterocycles. The second kappa shape index (κ2) is 5.67. The minimum absolute atomic E-state index is 0.0275. The van der Waals surface area contributed by atoms with E-state index < -0.39 is 0 Å². The summed E-state index contributed by atoms with van der Waals surface area (Å²) in [7, 11) is 0. The van der Waals surface area contributed by atoms with Crippen molar-refractivity contribution in [2.45, 2.75) is 33.1 Å². The summed E-state index contributed by atoms with van der Waals surface area (Å²) < 4.78 is 1.04. The number of amides is 1. The van der Waals surface area contributed by atoms with E-state index in [0.717, 1.165) is 28.6 Å². The first-order valence-corrected chi connectivity index (χ1v) is 7.16. The molecule has 0 unspecified atom stereocenters. The van der Waals surface area contributed by atoms with Gasteiger partial charge in [0.25, 0.3) is 0 Å². The lowest BCUT2D eigenvalue weighted by Gasteiger charge is -1.99. The van der Waals surface area contributed by atoms with Gasteiger partial charge in [0.05, 0.1) is 10.2 Å². The van der Waals surface area contributed by atoms with E-state index in [1.165, 1.54) is 11.3 Å². The third-order valence-corrected chi connectivity index (χ3v) is 4.10. The van der Waals surface area contributed by atoms with Crippen molar-refractivity contribution in [2.75, 3.05) is 5.32 Å². The van der Waals surface area contributed by atoms with Gasteiger partial charge in [-0.3, -0.25) is 4.79 Å². The molecule has 0 spiro atoms. The number of halogens is 1. The lowest BCUT2D eigenvalue weighted by Crippen LogP contribution is -2.10. The molecule has 1 heterocycles. The summed E-state index contributed by atoms with van der Waals surface area (Å²) >= 11 is 7.53. The Morgan fingerprint density at radius 2 is 2.28 bits per heavy atom. The molecular formula is C13H15ClN2OS. The predicted octanol–water partition coefficient (Wildman–Crippen LogP) is 4.39. The van der Waals surface area contributed by atoms with Crippen molar-refractivity contribution < 1.29 is 4.79 Å². The Labute approximate surface area is 115 Å². The monoisotopic (exact) mass is 282 g/mol. The van der Waals surface area contributed by atoms with Crippen LogP contribution in [0.2, 0.25) is 5.02 Å². The van der Waals surface area contributed by atoms with Crippen LogP contribution in [0.5, 0.6) is 0 Å². The number of hydrogen-bond donors (Lipinski definition) is 1. The summed E-state index contributed by atoms with van der Waals surface area (Å²) in [5, 5.41) is 4.19. The number of unbranched alkanes of at least 4 members (excludes halogenated alkanes) is 1. The van der Waals surface area contributed by atoms with Crippen molar-refractivity contribution in [3.8, 4) is 0 Å². The summed E-state index contributed by atoms with van der Waals surface area (Å²) in [6.45, 7) is 4.00. The number of anilines is 1. The maximum atomic E-state index is 11.6. The van der Waals surface area contributed by atoms with Gasteiger partial charge >= 0.3 is 0 Å². The first-order chi connectivity index (χ1) is 8.61. The molecule has 0 aliphatic rings. The van der Waals surface area contributed by atoms with Crippen molar-refractivity contribution in [1.29, 1.82) is 0 Å². The zero-order valence-corrected chi connectivity index (χ0v) is 12.0. The molecule has 5 heteroatoms. The zero-order valence-electron chi connectivity index (χ0n) is 10.4. The van der Waals surface area contributed by atoms with E-state index in [1.807, 2.05) is 19.1 Å². The van der Waals surface area contributed by atoms with Crippen LogP contribution >= 0.6 is 22.9 Å². The van der Waals surface area contributed by atoms with E-state index in [2.05, 4.69) is 17.2 Å². The number of carbonyl (C=O) groups excluding carboxylic acids is 1. The lowest BCUT2D eigenvalue weighted by molar-refractivity contribution is -0.116. The number of hydrogen-bond acceptors (Lipinski definition) is 3. The van der Waals surface area contributed by atoms with Gasteiger partial charge in [-0.05, 0) is 31.0 Å². The maximum absolute atomic E-state index is 11.6. The fourth-order valence-corrected chi connectivity index (χ4v) is 2.77. The van der Waals surface area contributed by atoms with Gasteiger partial charge in [0.1, 0.15) is 0 Å².